The number of rotatable bonds is 3. The number of benzene rings is 2. The van der Waals surface area contributed by atoms with Crippen LogP contribution in [0.5, 0.6) is 0 Å². The monoisotopic (exact) mass is 347 g/mol. The minimum atomic E-state index is 1.22. The molecule has 0 aliphatic carbocycles. The second-order valence-electron chi connectivity index (χ2n) is 4.37. The first-order chi connectivity index (χ1) is 8.65. The molecule has 0 aliphatic heterocycles. The molecule has 0 heterocycles. The van der Waals surface area contributed by atoms with Crippen LogP contribution in [0.25, 0.3) is 12.2 Å². The number of halogens is 1. The summed E-state index contributed by atoms with van der Waals surface area (Å²) >= 11 is 2.33. The summed E-state index contributed by atoms with van der Waals surface area (Å²) in [5, 5.41) is 0. The maximum Gasteiger partial charge on any atom is 0.0361 e. The van der Waals surface area contributed by atoms with Crippen molar-refractivity contribution >= 4 is 40.4 Å². The molecule has 1 nitrogen and oxygen atoms in total. The summed E-state index contributed by atoms with van der Waals surface area (Å²) in [6, 6.07) is 17.0. The first-order valence-electron chi connectivity index (χ1n) is 5.86. The van der Waals surface area contributed by atoms with E-state index in [1.165, 1.54) is 20.4 Å². The topological polar surface area (TPSA) is 3.24 Å². The fourth-order valence-electron chi connectivity index (χ4n) is 1.69. The SMILES string of the molecule is CN(C)c1ccc(/C=C/c2cccc([125I])c2)cc1. The molecule has 0 aromatic heterocycles. The zero-order valence-electron chi connectivity index (χ0n) is 10.6. The fourth-order valence-corrected chi connectivity index (χ4v) is 2.25. The summed E-state index contributed by atoms with van der Waals surface area (Å²) in [6.45, 7) is 0. The lowest BCUT2D eigenvalue weighted by molar-refractivity contribution is 1.13. The van der Waals surface area contributed by atoms with Gasteiger partial charge in [0.05, 0.1) is 0 Å². The molecule has 0 aliphatic rings. The summed E-state index contributed by atoms with van der Waals surface area (Å²) in [6.07, 6.45) is 4.29. The van der Waals surface area contributed by atoms with Crippen molar-refractivity contribution in [3.8, 4) is 0 Å². The van der Waals surface area contributed by atoms with Crippen LogP contribution in [0.1, 0.15) is 11.1 Å². The molecule has 0 spiro atoms. The van der Waals surface area contributed by atoms with Gasteiger partial charge < -0.3 is 4.90 Å². The van der Waals surface area contributed by atoms with Crippen LogP contribution in [-0.4, -0.2) is 14.1 Å². The van der Waals surface area contributed by atoms with Gasteiger partial charge in [0.2, 0.25) is 0 Å². The minimum absolute atomic E-state index is 1.22. The molecule has 92 valence electrons. The highest BCUT2D eigenvalue weighted by molar-refractivity contribution is 14.1. The van der Waals surface area contributed by atoms with Crippen LogP contribution in [0.3, 0.4) is 0 Å². The number of hydrogen-bond donors (Lipinski definition) is 0. The van der Waals surface area contributed by atoms with Gasteiger partial charge >= 0.3 is 0 Å². The summed E-state index contributed by atoms with van der Waals surface area (Å²) in [7, 11) is 4.10. The van der Waals surface area contributed by atoms with Gasteiger partial charge in [0.15, 0.2) is 0 Å². The molecule has 2 aromatic rings. The maximum absolute atomic E-state index is 2.33. The van der Waals surface area contributed by atoms with E-state index in [4.69, 9.17) is 0 Å². The van der Waals surface area contributed by atoms with Crippen LogP contribution in [0.15, 0.2) is 48.5 Å². The molecule has 2 rings (SSSR count). The van der Waals surface area contributed by atoms with Crippen molar-refractivity contribution in [2.45, 2.75) is 0 Å². The average molecular weight is 347 g/mol. The molecular weight excluding hydrogens is 331 g/mol. The van der Waals surface area contributed by atoms with Crippen LogP contribution in [0.2, 0.25) is 0 Å². The minimum Gasteiger partial charge on any atom is -0.378 e. The third kappa shape index (κ3) is 3.60. The summed E-state index contributed by atoms with van der Waals surface area (Å²) in [5.74, 6) is 0. The molecule has 0 atom stereocenters. The van der Waals surface area contributed by atoms with Crippen molar-refractivity contribution in [1.82, 2.24) is 0 Å². The van der Waals surface area contributed by atoms with Crippen molar-refractivity contribution in [3.05, 3.63) is 63.2 Å². The van der Waals surface area contributed by atoms with Crippen LogP contribution in [0.4, 0.5) is 5.69 Å². The molecule has 0 unspecified atom stereocenters. The van der Waals surface area contributed by atoms with E-state index in [9.17, 15) is 0 Å². The highest BCUT2D eigenvalue weighted by Crippen LogP contribution is 2.15. The zero-order valence-corrected chi connectivity index (χ0v) is 12.8. The van der Waals surface area contributed by atoms with E-state index in [2.05, 4.69) is 102 Å². The third-order valence-electron chi connectivity index (χ3n) is 2.73. The Bertz CT molecular complexity index is 541. The Morgan fingerprint density at radius 3 is 2.17 bits per heavy atom. The largest absolute Gasteiger partial charge is 0.378 e. The van der Waals surface area contributed by atoms with E-state index in [0.717, 1.165) is 0 Å². The summed E-state index contributed by atoms with van der Waals surface area (Å²) in [4.78, 5) is 2.10. The van der Waals surface area contributed by atoms with Gasteiger partial charge in [-0.15, -0.1) is 0 Å². The predicted molar refractivity (Wildman–Crippen MR) is 88.9 cm³/mol. The van der Waals surface area contributed by atoms with E-state index in [1.807, 2.05) is 0 Å². The molecule has 0 amide bonds. The van der Waals surface area contributed by atoms with Crippen LogP contribution in [-0.2, 0) is 0 Å². The number of anilines is 1. The Kier molecular flexibility index (Phi) is 4.42. The highest BCUT2D eigenvalue weighted by Gasteiger charge is 1.94. The molecule has 0 radical (unpaired) electrons. The van der Waals surface area contributed by atoms with E-state index in [0.29, 0.717) is 0 Å². The van der Waals surface area contributed by atoms with Gasteiger partial charge in [-0.25, -0.2) is 0 Å². The molecular formula is C16H16IN. The second-order valence-corrected chi connectivity index (χ2v) is 5.62. The van der Waals surface area contributed by atoms with Crippen molar-refractivity contribution in [1.29, 1.82) is 0 Å². The Labute approximate surface area is 122 Å². The average Bonchev–Trinajstić information content (AvgIpc) is 2.37. The standard InChI is InChI=1S/C16H16IN/c1-18(2)16-10-8-13(9-11-16)6-7-14-4-3-5-15(17)12-14/h3-12H,1-2H3/b7-6+/i17-2. The van der Waals surface area contributed by atoms with Crippen LogP contribution in [0, 0.1) is 3.57 Å². The first-order valence-corrected chi connectivity index (χ1v) is 6.94. The van der Waals surface area contributed by atoms with E-state index >= 15 is 0 Å². The van der Waals surface area contributed by atoms with Crippen molar-refractivity contribution in [2.75, 3.05) is 19.0 Å². The first kappa shape index (κ1) is 13.1. The Morgan fingerprint density at radius 1 is 0.889 bits per heavy atom. The molecule has 2 aromatic carbocycles. The van der Waals surface area contributed by atoms with Gasteiger partial charge in [-0.1, -0.05) is 36.4 Å². The summed E-state index contributed by atoms with van der Waals surface area (Å²) < 4.78 is 1.26. The Balaban J connectivity index is 2.14. The lowest BCUT2D eigenvalue weighted by atomic mass is 10.1. The number of hydrogen-bond acceptors (Lipinski definition) is 1. The van der Waals surface area contributed by atoms with Crippen molar-refractivity contribution in [2.24, 2.45) is 0 Å². The molecule has 18 heavy (non-hydrogen) atoms. The van der Waals surface area contributed by atoms with Gasteiger partial charge in [0.25, 0.3) is 0 Å². The van der Waals surface area contributed by atoms with Gasteiger partial charge in [-0.3, -0.25) is 0 Å². The van der Waals surface area contributed by atoms with Crippen LogP contribution < -0.4 is 4.90 Å². The van der Waals surface area contributed by atoms with Gasteiger partial charge in [-0.05, 0) is 58.0 Å². The molecule has 0 saturated carbocycles. The highest BCUT2D eigenvalue weighted by atomic mass is 125. The van der Waals surface area contributed by atoms with E-state index < -0.39 is 0 Å². The van der Waals surface area contributed by atoms with Crippen LogP contribution >= 0.6 is 22.6 Å². The van der Waals surface area contributed by atoms with Gasteiger partial charge in [0, 0.05) is 23.4 Å². The summed E-state index contributed by atoms with van der Waals surface area (Å²) in [5.41, 5.74) is 3.68. The normalized spacial score (nSPS) is 10.8. The van der Waals surface area contributed by atoms with E-state index in [1.54, 1.807) is 0 Å². The van der Waals surface area contributed by atoms with E-state index in [-0.39, 0.29) is 0 Å². The Morgan fingerprint density at radius 2 is 1.56 bits per heavy atom. The molecule has 0 saturated heterocycles. The molecule has 0 bridgehead atoms. The van der Waals surface area contributed by atoms with Crippen molar-refractivity contribution < 1.29 is 0 Å². The van der Waals surface area contributed by atoms with Gasteiger partial charge in [-0.2, -0.15) is 0 Å². The molecule has 0 fully saturated rings. The lowest BCUT2D eigenvalue weighted by Gasteiger charge is -2.11. The fraction of sp³-hybridized carbons (Fsp3) is 0.125. The van der Waals surface area contributed by atoms with Crippen molar-refractivity contribution in [3.63, 3.8) is 0 Å². The van der Waals surface area contributed by atoms with Gasteiger partial charge in [0.1, 0.15) is 0 Å². The molecule has 0 N–H and O–H groups in total. The maximum atomic E-state index is 2.33. The lowest BCUT2D eigenvalue weighted by Crippen LogP contribution is -2.07. The number of nitrogens with zero attached hydrogens (tertiary/aromatic N) is 1. The smallest absolute Gasteiger partial charge is 0.0361 e. The third-order valence-corrected chi connectivity index (χ3v) is 3.40. The Hall–Kier alpha value is -1.29. The molecule has 2 heteroatoms. The second kappa shape index (κ2) is 6.05. The predicted octanol–water partition coefficient (Wildman–Crippen LogP) is 4.53. The quantitative estimate of drug-likeness (QED) is 0.583. The zero-order chi connectivity index (χ0) is 13.0.